The summed E-state index contributed by atoms with van der Waals surface area (Å²) in [5.41, 5.74) is 0.911. The second kappa shape index (κ2) is 5.25. The van der Waals surface area contributed by atoms with Gasteiger partial charge in [0.05, 0.1) is 0 Å². The molecular weight excluding hydrogens is 268 g/mol. The normalized spacial score (nSPS) is 12.2. The first-order valence-electron chi connectivity index (χ1n) is 6.47. The molecule has 1 aromatic heterocycles. The van der Waals surface area contributed by atoms with Crippen LogP contribution in [0.5, 0.6) is 0 Å². The van der Waals surface area contributed by atoms with Crippen LogP contribution in [0.1, 0.15) is 17.0 Å². The van der Waals surface area contributed by atoms with Crippen molar-refractivity contribution in [1.29, 1.82) is 0 Å². The van der Waals surface area contributed by atoms with Crippen molar-refractivity contribution in [3.05, 3.63) is 82.2 Å². The molecule has 0 amide bonds. The van der Waals surface area contributed by atoms with Gasteiger partial charge in [-0.25, -0.2) is 4.79 Å². The lowest BCUT2D eigenvalue weighted by atomic mass is 9.89. The molecule has 3 rings (SSSR count). The molecule has 4 heteroatoms. The van der Waals surface area contributed by atoms with E-state index in [-0.39, 0.29) is 0 Å². The summed E-state index contributed by atoms with van der Waals surface area (Å²) < 4.78 is 5.12. The lowest BCUT2D eigenvalue weighted by Gasteiger charge is -2.14. The predicted molar refractivity (Wildman–Crippen MR) is 78.4 cm³/mol. The lowest BCUT2D eigenvalue weighted by molar-refractivity contribution is -0.137. The van der Waals surface area contributed by atoms with Crippen molar-refractivity contribution in [1.82, 2.24) is 0 Å². The Morgan fingerprint density at radius 2 is 1.67 bits per heavy atom. The van der Waals surface area contributed by atoms with E-state index in [4.69, 9.17) is 4.42 Å². The number of carbonyl (C=O) groups is 1. The van der Waals surface area contributed by atoms with E-state index < -0.39 is 17.5 Å². The average Bonchev–Trinajstić information content (AvgIpc) is 2.48. The molecule has 4 nitrogen and oxygen atoms in total. The van der Waals surface area contributed by atoms with Crippen LogP contribution in [0.2, 0.25) is 0 Å². The molecule has 1 atom stereocenters. The van der Waals surface area contributed by atoms with E-state index in [1.165, 1.54) is 6.07 Å². The Labute approximate surface area is 120 Å². The number of benzene rings is 2. The van der Waals surface area contributed by atoms with Gasteiger partial charge in [0.15, 0.2) is 0 Å². The van der Waals surface area contributed by atoms with E-state index in [1.54, 1.807) is 48.5 Å². The molecule has 0 saturated heterocycles. The number of carboxylic acids is 1. The smallest absolute Gasteiger partial charge is 0.336 e. The molecule has 0 aliphatic heterocycles. The largest absolute Gasteiger partial charge is 0.481 e. The van der Waals surface area contributed by atoms with Gasteiger partial charge in [-0.1, -0.05) is 48.5 Å². The van der Waals surface area contributed by atoms with Crippen LogP contribution in [0, 0.1) is 0 Å². The molecule has 0 saturated carbocycles. The van der Waals surface area contributed by atoms with Crippen molar-refractivity contribution in [3.63, 3.8) is 0 Å². The number of aliphatic carboxylic acids is 1. The molecule has 0 aliphatic carbocycles. The third-order valence-corrected chi connectivity index (χ3v) is 3.37. The highest BCUT2D eigenvalue weighted by Crippen LogP contribution is 2.29. The zero-order chi connectivity index (χ0) is 14.8. The van der Waals surface area contributed by atoms with Gasteiger partial charge in [0.1, 0.15) is 11.5 Å². The number of hydrogen-bond donors (Lipinski definition) is 1. The minimum Gasteiger partial charge on any atom is -0.481 e. The molecule has 104 valence electrons. The molecule has 0 spiro atoms. The van der Waals surface area contributed by atoms with Crippen molar-refractivity contribution < 1.29 is 14.3 Å². The van der Waals surface area contributed by atoms with Gasteiger partial charge in [0, 0.05) is 11.5 Å². The molecule has 3 aromatic rings. The standard InChI is InChI=1S/C17H12O4/c18-15-10-13(12-8-4-5-9-14(12)21-15)16(17(19)20)11-6-2-1-3-7-11/h1-10,16H,(H,19,20). The third kappa shape index (κ3) is 2.43. The second-order valence-corrected chi connectivity index (χ2v) is 4.70. The van der Waals surface area contributed by atoms with Crippen molar-refractivity contribution >= 4 is 16.9 Å². The summed E-state index contributed by atoms with van der Waals surface area (Å²) in [6.07, 6.45) is 0. The molecule has 0 bridgehead atoms. The summed E-state index contributed by atoms with van der Waals surface area (Å²) in [5.74, 6) is -1.91. The highest BCUT2D eigenvalue weighted by molar-refractivity contribution is 5.89. The van der Waals surface area contributed by atoms with Crippen LogP contribution < -0.4 is 5.63 Å². The van der Waals surface area contributed by atoms with Crippen molar-refractivity contribution in [2.45, 2.75) is 5.92 Å². The van der Waals surface area contributed by atoms with Gasteiger partial charge in [-0.15, -0.1) is 0 Å². The fourth-order valence-electron chi connectivity index (χ4n) is 2.48. The fourth-order valence-corrected chi connectivity index (χ4v) is 2.48. The van der Waals surface area contributed by atoms with E-state index in [2.05, 4.69) is 0 Å². The van der Waals surface area contributed by atoms with Crippen molar-refractivity contribution in [3.8, 4) is 0 Å². The topological polar surface area (TPSA) is 67.5 Å². The maximum atomic E-state index is 11.7. The summed E-state index contributed by atoms with van der Waals surface area (Å²) in [6.45, 7) is 0. The van der Waals surface area contributed by atoms with Gasteiger partial charge >= 0.3 is 11.6 Å². The molecular formula is C17H12O4. The van der Waals surface area contributed by atoms with Crippen molar-refractivity contribution in [2.24, 2.45) is 0 Å². The number of fused-ring (bicyclic) bond motifs is 1. The van der Waals surface area contributed by atoms with Crippen LogP contribution >= 0.6 is 0 Å². The minimum atomic E-state index is -1.00. The first-order chi connectivity index (χ1) is 10.2. The third-order valence-electron chi connectivity index (χ3n) is 3.37. The number of rotatable bonds is 3. The van der Waals surface area contributed by atoms with E-state index in [9.17, 15) is 14.7 Å². The Kier molecular flexibility index (Phi) is 3.28. The molecule has 0 aliphatic rings. The zero-order valence-electron chi connectivity index (χ0n) is 11.0. The van der Waals surface area contributed by atoms with Gasteiger partial charge in [-0.05, 0) is 17.2 Å². The Bertz CT molecular complexity index is 849. The second-order valence-electron chi connectivity index (χ2n) is 4.70. The molecule has 0 radical (unpaired) electrons. The average molecular weight is 280 g/mol. The monoisotopic (exact) mass is 280 g/mol. The van der Waals surface area contributed by atoms with Crippen LogP contribution in [-0.2, 0) is 4.79 Å². The van der Waals surface area contributed by atoms with E-state index >= 15 is 0 Å². The summed E-state index contributed by atoms with van der Waals surface area (Å²) in [6, 6.07) is 17.1. The van der Waals surface area contributed by atoms with Crippen molar-refractivity contribution in [2.75, 3.05) is 0 Å². The maximum Gasteiger partial charge on any atom is 0.336 e. The first-order valence-corrected chi connectivity index (χ1v) is 6.47. The summed E-state index contributed by atoms with van der Waals surface area (Å²) in [5, 5.41) is 10.2. The SMILES string of the molecule is O=C(O)C(c1ccccc1)c1cc(=O)oc2ccccc12. The predicted octanol–water partition coefficient (Wildman–Crippen LogP) is 3.01. The number of carboxylic acid groups (broad SMARTS) is 1. The molecule has 1 heterocycles. The maximum absolute atomic E-state index is 11.7. The lowest BCUT2D eigenvalue weighted by Crippen LogP contribution is -2.15. The quantitative estimate of drug-likeness (QED) is 0.749. The van der Waals surface area contributed by atoms with Crippen LogP contribution in [0.4, 0.5) is 0 Å². The number of para-hydroxylation sites is 1. The fraction of sp³-hybridized carbons (Fsp3) is 0.0588. The van der Waals surface area contributed by atoms with Gasteiger partial charge in [-0.2, -0.15) is 0 Å². The Balaban J connectivity index is 2.30. The van der Waals surface area contributed by atoms with Gasteiger partial charge in [0.25, 0.3) is 0 Å². The summed E-state index contributed by atoms with van der Waals surface area (Å²) >= 11 is 0. The van der Waals surface area contributed by atoms with Gasteiger partial charge in [0.2, 0.25) is 0 Å². The van der Waals surface area contributed by atoms with Gasteiger partial charge < -0.3 is 9.52 Å². The molecule has 2 aromatic carbocycles. The van der Waals surface area contributed by atoms with Crippen LogP contribution in [-0.4, -0.2) is 11.1 Å². The van der Waals surface area contributed by atoms with Crippen LogP contribution in [0.15, 0.2) is 69.9 Å². The van der Waals surface area contributed by atoms with Crippen LogP contribution in [0.25, 0.3) is 11.0 Å². The first kappa shape index (κ1) is 13.1. The minimum absolute atomic E-state index is 0.391. The highest BCUT2D eigenvalue weighted by atomic mass is 16.4. The van der Waals surface area contributed by atoms with Gasteiger partial charge in [-0.3, -0.25) is 4.79 Å². The molecule has 1 unspecified atom stereocenters. The zero-order valence-corrected chi connectivity index (χ0v) is 11.0. The highest BCUT2D eigenvalue weighted by Gasteiger charge is 2.25. The van der Waals surface area contributed by atoms with E-state index in [0.717, 1.165) is 0 Å². The summed E-state index contributed by atoms with van der Waals surface area (Å²) in [4.78, 5) is 23.4. The van der Waals surface area contributed by atoms with Crippen LogP contribution in [0.3, 0.4) is 0 Å². The Morgan fingerprint density at radius 1 is 1.00 bits per heavy atom. The van der Waals surface area contributed by atoms with E-state index in [1.807, 2.05) is 6.07 Å². The number of hydrogen-bond acceptors (Lipinski definition) is 3. The van der Waals surface area contributed by atoms with E-state index in [0.29, 0.717) is 22.1 Å². The summed E-state index contributed by atoms with van der Waals surface area (Å²) in [7, 11) is 0. The molecule has 0 fully saturated rings. The molecule has 1 N–H and O–H groups in total. The molecule has 21 heavy (non-hydrogen) atoms. The Morgan fingerprint density at radius 3 is 2.38 bits per heavy atom. The Hall–Kier alpha value is -2.88.